The Hall–Kier alpha value is -0.770. The number of ether oxygens (including phenoxy) is 1. The van der Waals surface area contributed by atoms with Gasteiger partial charge in [-0.25, -0.2) is 4.79 Å². The highest BCUT2D eigenvalue weighted by Gasteiger charge is 2.37. The summed E-state index contributed by atoms with van der Waals surface area (Å²) in [5, 5.41) is 10.2. The molecule has 0 aromatic rings. The zero-order chi connectivity index (χ0) is 10.5. The van der Waals surface area contributed by atoms with Gasteiger partial charge in [0, 0.05) is 0 Å². The first-order valence-corrected chi connectivity index (χ1v) is 4.26. The van der Waals surface area contributed by atoms with Crippen molar-refractivity contribution in [3.05, 3.63) is 0 Å². The highest BCUT2D eigenvalue weighted by molar-refractivity contribution is 8.01. The Kier molecular flexibility index (Phi) is 4.77. The van der Waals surface area contributed by atoms with E-state index in [4.69, 9.17) is 10.1 Å². The van der Waals surface area contributed by atoms with E-state index in [1.54, 1.807) is 13.8 Å². The van der Waals surface area contributed by atoms with E-state index in [0.717, 1.165) is 11.9 Å². The van der Waals surface area contributed by atoms with E-state index in [2.05, 4.69) is 4.74 Å². The molecule has 0 saturated carbocycles. The predicted molar refractivity (Wildman–Crippen MR) is 48.1 cm³/mol. The van der Waals surface area contributed by atoms with Crippen molar-refractivity contribution in [1.29, 1.82) is 5.26 Å². The minimum Gasteiger partial charge on any atom is -0.468 e. The van der Waals surface area contributed by atoms with Crippen LogP contribution < -0.4 is 0 Å². The summed E-state index contributed by atoms with van der Waals surface area (Å²) < 4.78 is 5.74. The molecular weight excluding hydrogens is 192 g/mol. The first-order chi connectivity index (χ1) is 6.00. The molecule has 0 heterocycles. The quantitative estimate of drug-likeness (QED) is 0.294. The molecule has 0 atom stereocenters. The Morgan fingerprint density at radius 3 is 2.38 bits per heavy atom. The van der Waals surface area contributed by atoms with E-state index in [0.29, 0.717) is 0 Å². The highest BCUT2D eigenvalue weighted by Crippen LogP contribution is 2.23. The van der Waals surface area contributed by atoms with Crippen LogP contribution in [-0.4, -0.2) is 30.2 Å². The van der Waals surface area contributed by atoms with E-state index < -0.39 is 11.5 Å². The second-order valence-electron chi connectivity index (χ2n) is 2.67. The summed E-state index contributed by atoms with van der Waals surface area (Å²) in [7, 11) is 2.67. The van der Waals surface area contributed by atoms with Gasteiger partial charge in [-0.3, -0.25) is 4.84 Å². The lowest BCUT2D eigenvalue weighted by molar-refractivity contribution is -0.170. The van der Waals surface area contributed by atoms with Crippen LogP contribution in [0.15, 0.2) is 0 Å². The van der Waals surface area contributed by atoms with E-state index in [9.17, 15) is 4.79 Å². The van der Waals surface area contributed by atoms with Crippen molar-refractivity contribution in [3.63, 3.8) is 0 Å². The van der Waals surface area contributed by atoms with Gasteiger partial charge < -0.3 is 4.74 Å². The van der Waals surface area contributed by atoms with E-state index >= 15 is 0 Å². The molecule has 74 valence electrons. The number of thiocyanates is 1. The standard InChI is InChI=1S/C7H12N2O3S/c1-7(2,6(10)11-3)9(12-4)13-5-8/h1-4H3. The minimum atomic E-state index is -0.982. The smallest absolute Gasteiger partial charge is 0.329 e. The molecule has 5 nitrogen and oxygen atoms in total. The van der Waals surface area contributed by atoms with E-state index in [1.165, 1.54) is 18.7 Å². The summed E-state index contributed by atoms with van der Waals surface area (Å²) >= 11 is 0.743. The molecule has 0 aliphatic carbocycles. The third-order valence-corrected chi connectivity index (χ3v) is 2.28. The average molecular weight is 204 g/mol. The fourth-order valence-electron chi connectivity index (χ4n) is 0.741. The summed E-state index contributed by atoms with van der Waals surface area (Å²) in [5.74, 6) is -0.461. The number of methoxy groups -OCH3 is 1. The van der Waals surface area contributed by atoms with Gasteiger partial charge in [-0.1, -0.05) is 0 Å². The number of hydrogen-bond donors (Lipinski definition) is 0. The summed E-state index contributed by atoms with van der Waals surface area (Å²) in [4.78, 5) is 16.1. The topological polar surface area (TPSA) is 62.6 Å². The maximum absolute atomic E-state index is 11.2. The molecule has 0 aliphatic heterocycles. The Labute approximate surface area is 81.7 Å². The van der Waals surface area contributed by atoms with Gasteiger partial charge in [0.15, 0.2) is 10.9 Å². The van der Waals surface area contributed by atoms with Crippen LogP contribution in [0.5, 0.6) is 0 Å². The summed E-state index contributed by atoms with van der Waals surface area (Å²) in [5.41, 5.74) is -0.982. The number of hydroxylamine groups is 1. The van der Waals surface area contributed by atoms with Gasteiger partial charge in [0.2, 0.25) is 0 Å². The molecule has 0 aromatic heterocycles. The zero-order valence-electron chi connectivity index (χ0n) is 8.03. The van der Waals surface area contributed by atoms with Gasteiger partial charge in [0.1, 0.15) is 0 Å². The molecule has 0 spiro atoms. The Balaban J connectivity index is 4.57. The molecule has 0 saturated heterocycles. The molecule has 0 aliphatic rings. The number of nitrogens with zero attached hydrogens (tertiary/aromatic N) is 2. The lowest BCUT2D eigenvalue weighted by Crippen LogP contribution is -2.46. The molecule has 0 radical (unpaired) electrons. The largest absolute Gasteiger partial charge is 0.468 e. The van der Waals surface area contributed by atoms with Crippen molar-refractivity contribution in [1.82, 2.24) is 4.47 Å². The molecule has 0 amide bonds. The molecule has 13 heavy (non-hydrogen) atoms. The van der Waals surface area contributed by atoms with Crippen LogP contribution in [0.1, 0.15) is 13.8 Å². The number of rotatable bonds is 4. The Morgan fingerprint density at radius 2 is 2.08 bits per heavy atom. The predicted octanol–water partition coefficient (Wildman–Crippen LogP) is 0.931. The van der Waals surface area contributed by atoms with Gasteiger partial charge in [0.05, 0.1) is 26.2 Å². The van der Waals surface area contributed by atoms with Gasteiger partial charge in [0.25, 0.3) is 0 Å². The summed E-state index contributed by atoms with van der Waals surface area (Å²) in [6.07, 6.45) is 0. The summed E-state index contributed by atoms with van der Waals surface area (Å²) in [6, 6.07) is 0. The van der Waals surface area contributed by atoms with E-state index in [-0.39, 0.29) is 0 Å². The lowest BCUT2D eigenvalue weighted by Gasteiger charge is -2.29. The fourth-order valence-corrected chi connectivity index (χ4v) is 1.19. The van der Waals surface area contributed by atoms with Gasteiger partial charge in [-0.15, -0.1) is 4.47 Å². The second-order valence-corrected chi connectivity index (χ2v) is 3.37. The fraction of sp³-hybridized carbons (Fsp3) is 0.714. The van der Waals surface area contributed by atoms with Gasteiger partial charge in [-0.2, -0.15) is 5.26 Å². The Bertz CT molecular complexity index is 224. The third-order valence-electron chi connectivity index (χ3n) is 1.43. The van der Waals surface area contributed by atoms with Crippen LogP contribution in [-0.2, 0) is 14.4 Å². The normalized spacial score (nSPS) is 11.1. The number of esters is 1. The molecule has 0 aromatic carbocycles. The monoisotopic (exact) mass is 204 g/mol. The van der Waals surface area contributed by atoms with Crippen LogP contribution in [0.25, 0.3) is 0 Å². The first kappa shape index (κ1) is 12.2. The SMILES string of the molecule is COC(=O)C(C)(C)N(OC)SC#N. The van der Waals surface area contributed by atoms with Gasteiger partial charge in [-0.05, 0) is 13.8 Å². The molecule has 0 N–H and O–H groups in total. The van der Waals surface area contributed by atoms with Crippen molar-refractivity contribution in [3.8, 4) is 5.40 Å². The number of nitriles is 1. The second kappa shape index (κ2) is 5.07. The number of carbonyl (C=O) groups is 1. The van der Waals surface area contributed by atoms with Crippen molar-refractivity contribution in [2.24, 2.45) is 0 Å². The van der Waals surface area contributed by atoms with Crippen molar-refractivity contribution < 1.29 is 14.4 Å². The molecule has 0 fully saturated rings. The minimum absolute atomic E-state index is 0.461. The maximum Gasteiger partial charge on any atom is 0.329 e. The maximum atomic E-state index is 11.2. The zero-order valence-corrected chi connectivity index (χ0v) is 8.84. The van der Waals surface area contributed by atoms with Crippen molar-refractivity contribution in [2.45, 2.75) is 19.4 Å². The van der Waals surface area contributed by atoms with Crippen LogP contribution in [0.3, 0.4) is 0 Å². The molecule has 6 heteroatoms. The van der Waals surface area contributed by atoms with Crippen LogP contribution >= 0.6 is 11.9 Å². The van der Waals surface area contributed by atoms with Crippen LogP contribution in [0, 0.1) is 10.7 Å². The third kappa shape index (κ3) is 2.88. The highest BCUT2D eigenvalue weighted by atomic mass is 32.2. The average Bonchev–Trinajstić information content (AvgIpc) is 2.12. The van der Waals surface area contributed by atoms with Crippen molar-refractivity contribution >= 4 is 17.9 Å². The first-order valence-electron chi connectivity index (χ1n) is 3.49. The Morgan fingerprint density at radius 1 is 1.54 bits per heavy atom. The molecule has 0 bridgehead atoms. The number of carbonyl (C=O) groups excluding carboxylic acids is 1. The van der Waals surface area contributed by atoms with Crippen LogP contribution in [0.2, 0.25) is 0 Å². The number of hydrogen-bond acceptors (Lipinski definition) is 6. The van der Waals surface area contributed by atoms with Crippen molar-refractivity contribution in [2.75, 3.05) is 14.2 Å². The summed E-state index contributed by atoms with van der Waals surface area (Å²) in [6.45, 7) is 3.21. The molecule has 0 rings (SSSR count). The van der Waals surface area contributed by atoms with Gasteiger partial charge >= 0.3 is 5.97 Å². The molecule has 0 unspecified atom stereocenters. The lowest BCUT2D eigenvalue weighted by atomic mass is 10.1. The molecular formula is C7H12N2O3S. The van der Waals surface area contributed by atoms with E-state index in [1.807, 2.05) is 5.40 Å². The van der Waals surface area contributed by atoms with Crippen LogP contribution in [0.4, 0.5) is 0 Å².